The zero-order valence-electron chi connectivity index (χ0n) is 14.5. The number of hydrogen-bond donors (Lipinski definition) is 0. The van der Waals surface area contributed by atoms with Gasteiger partial charge in [0.05, 0.1) is 23.6 Å². The molecule has 3 heterocycles. The van der Waals surface area contributed by atoms with Gasteiger partial charge in [0.15, 0.2) is 5.69 Å². The Morgan fingerprint density at radius 3 is 2.46 bits per heavy atom. The second-order valence-electron chi connectivity index (χ2n) is 5.89. The number of para-hydroxylation sites is 1. The highest BCUT2D eigenvalue weighted by Crippen LogP contribution is 2.19. The SMILES string of the molecule is Cc1nn(-c2ccccc2)nc1-c1nn(Cc2c(C)noc2C)c(=O)o1. The van der Waals surface area contributed by atoms with Crippen molar-refractivity contribution in [2.24, 2.45) is 0 Å². The highest BCUT2D eigenvalue weighted by Gasteiger charge is 2.20. The van der Waals surface area contributed by atoms with E-state index in [9.17, 15) is 4.79 Å². The topological polar surface area (TPSA) is 105 Å². The first-order chi connectivity index (χ1) is 12.5. The Bertz CT molecular complexity index is 1100. The smallest absolute Gasteiger partial charge is 0.386 e. The van der Waals surface area contributed by atoms with Crippen molar-refractivity contribution in [2.75, 3.05) is 0 Å². The molecule has 26 heavy (non-hydrogen) atoms. The highest BCUT2D eigenvalue weighted by atomic mass is 16.5. The van der Waals surface area contributed by atoms with Crippen molar-refractivity contribution in [1.82, 2.24) is 29.9 Å². The first-order valence-corrected chi connectivity index (χ1v) is 8.02. The lowest BCUT2D eigenvalue weighted by atomic mass is 10.2. The molecule has 1 aromatic carbocycles. The summed E-state index contributed by atoms with van der Waals surface area (Å²) in [6, 6.07) is 9.47. The quantitative estimate of drug-likeness (QED) is 0.553. The molecule has 4 rings (SSSR count). The van der Waals surface area contributed by atoms with Gasteiger partial charge < -0.3 is 8.94 Å². The molecule has 0 unspecified atom stereocenters. The lowest BCUT2D eigenvalue weighted by molar-refractivity contribution is 0.391. The minimum absolute atomic E-state index is 0.126. The number of aryl methyl sites for hydroxylation is 3. The predicted molar refractivity (Wildman–Crippen MR) is 90.9 cm³/mol. The summed E-state index contributed by atoms with van der Waals surface area (Å²) in [6.45, 7) is 5.61. The summed E-state index contributed by atoms with van der Waals surface area (Å²) in [5, 5.41) is 16.9. The van der Waals surface area contributed by atoms with Gasteiger partial charge in [-0.05, 0) is 32.9 Å². The molecular weight excluding hydrogens is 336 g/mol. The number of hydrogen-bond acceptors (Lipinski definition) is 7. The molecule has 4 aromatic rings. The van der Waals surface area contributed by atoms with Crippen molar-refractivity contribution in [3.8, 4) is 17.3 Å². The molecule has 0 amide bonds. The molecule has 0 aliphatic heterocycles. The average Bonchev–Trinajstić information content (AvgIpc) is 3.29. The van der Waals surface area contributed by atoms with Crippen LogP contribution in [0.3, 0.4) is 0 Å². The first kappa shape index (κ1) is 16.0. The Hall–Kier alpha value is -3.49. The lowest BCUT2D eigenvalue weighted by Crippen LogP contribution is -2.17. The summed E-state index contributed by atoms with van der Waals surface area (Å²) in [5.41, 5.74) is 3.35. The van der Waals surface area contributed by atoms with Gasteiger partial charge >= 0.3 is 5.76 Å². The van der Waals surface area contributed by atoms with Crippen LogP contribution in [0.1, 0.15) is 22.7 Å². The van der Waals surface area contributed by atoms with E-state index in [0.717, 1.165) is 11.3 Å². The molecule has 132 valence electrons. The van der Waals surface area contributed by atoms with Crippen molar-refractivity contribution in [2.45, 2.75) is 27.3 Å². The third-order valence-corrected chi connectivity index (χ3v) is 4.07. The molecule has 0 saturated carbocycles. The van der Waals surface area contributed by atoms with Gasteiger partial charge in [-0.3, -0.25) is 0 Å². The maximum Gasteiger partial charge on any atom is 0.437 e. The fraction of sp³-hybridized carbons (Fsp3) is 0.235. The predicted octanol–water partition coefficient (Wildman–Crippen LogP) is 2.05. The van der Waals surface area contributed by atoms with E-state index in [2.05, 4.69) is 20.5 Å². The van der Waals surface area contributed by atoms with E-state index in [1.54, 1.807) is 13.8 Å². The van der Waals surface area contributed by atoms with E-state index in [-0.39, 0.29) is 12.4 Å². The van der Waals surface area contributed by atoms with E-state index in [1.807, 2.05) is 37.3 Å². The van der Waals surface area contributed by atoms with Crippen molar-refractivity contribution < 1.29 is 8.94 Å². The Morgan fingerprint density at radius 2 is 1.77 bits per heavy atom. The normalized spacial score (nSPS) is 11.2. The van der Waals surface area contributed by atoms with E-state index in [4.69, 9.17) is 8.94 Å². The van der Waals surface area contributed by atoms with Crippen LogP contribution in [-0.2, 0) is 6.54 Å². The largest absolute Gasteiger partial charge is 0.437 e. The summed E-state index contributed by atoms with van der Waals surface area (Å²) in [5.74, 6) is 0.195. The summed E-state index contributed by atoms with van der Waals surface area (Å²) in [7, 11) is 0. The monoisotopic (exact) mass is 352 g/mol. The maximum absolute atomic E-state index is 12.2. The van der Waals surface area contributed by atoms with E-state index < -0.39 is 5.76 Å². The molecule has 0 aliphatic carbocycles. The average molecular weight is 352 g/mol. The van der Waals surface area contributed by atoms with Gasteiger partial charge in [-0.2, -0.15) is 14.6 Å². The van der Waals surface area contributed by atoms with Crippen LogP contribution >= 0.6 is 0 Å². The van der Waals surface area contributed by atoms with E-state index in [1.165, 1.54) is 9.48 Å². The summed E-state index contributed by atoms with van der Waals surface area (Å²) in [6.07, 6.45) is 0. The van der Waals surface area contributed by atoms with E-state index >= 15 is 0 Å². The molecule has 3 aromatic heterocycles. The van der Waals surface area contributed by atoms with Crippen LogP contribution < -0.4 is 5.76 Å². The molecule has 9 nitrogen and oxygen atoms in total. The molecule has 0 N–H and O–H groups in total. The number of aromatic nitrogens is 6. The first-order valence-electron chi connectivity index (χ1n) is 8.02. The van der Waals surface area contributed by atoms with Gasteiger partial charge in [0, 0.05) is 5.56 Å². The zero-order chi connectivity index (χ0) is 18.3. The van der Waals surface area contributed by atoms with Gasteiger partial charge in [-0.15, -0.1) is 10.2 Å². The van der Waals surface area contributed by atoms with Crippen LogP contribution in [0.4, 0.5) is 0 Å². The number of nitrogens with zero attached hydrogens (tertiary/aromatic N) is 6. The summed E-state index contributed by atoms with van der Waals surface area (Å²) < 4.78 is 11.6. The molecular formula is C17H16N6O3. The third-order valence-electron chi connectivity index (χ3n) is 4.07. The lowest BCUT2D eigenvalue weighted by Gasteiger charge is -1.97. The van der Waals surface area contributed by atoms with E-state index in [0.29, 0.717) is 22.8 Å². The van der Waals surface area contributed by atoms with Gasteiger partial charge in [0.1, 0.15) is 5.76 Å². The highest BCUT2D eigenvalue weighted by molar-refractivity contribution is 5.49. The Labute approximate surface area is 147 Å². The fourth-order valence-electron chi connectivity index (χ4n) is 2.63. The number of rotatable bonds is 4. The Kier molecular flexibility index (Phi) is 3.76. The molecule has 0 spiro atoms. The third kappa shape index (κ3) is 2.73. The second-order valence-corrected chi connectivity index (χ2v) is 5.89. The second kappa shape index (κ2) is 6.10. The van der Waals surface area contributed by atoms with Crippen LogP contribution in [0.2, 0.25) is 0 Å². The zero-order valence-corrected chi connectivity index (χ0v) is 14.5. The van der Waals surface area contributed by atoms with Crippen molar-refractivity contribution in [1.29, 1.82) is 0 Å². The minimum Gasteiger partial charge on any atom is -0.386 e. The maximum atomic E-state index is 12.2. The van der Waals surface area contributed by atoms with Crippen LogP contribution in [0.25, 0.3) is 17.3 Å². The summed E-state index contributed by atoms with van der Waals surface area (Å²) >= 11 is 0. The van der Waals surface area contributed by atoms with Crippen molar-refractivity contribution >= 4 is 0 Å². The molecule has 9 heteroatoms. The van der Waals surface area contributed by atoms with Crippen LogP contribution in [-0.4, -0.2) is 29.9 Å². The van der Waals surface area contributed by atoms with Crippen molar-refractivity contribution in [3.05, 3.63) is 63.6 Å². The van der Waals surface area contributed by atoms with Crippen LogP contribution in [0.5, 0.6) is 0 Å². The Morgan fingerprint density at radius 1 is 1.00 bits per heavy atom. The molecule has 0 atom stereocenters. The van der Waals surface area contributed by atoms with Gasteiger partial charge in [0.2, 0.25) is 0 Å². The Balaban J connectivity index is 1.70. The molecule has 0 radical (unpaired) electrons. The molecule has 0 bridgehead atoms. The molecule has 0 aliphatic rings. The van der Waals surface area contributed by atoms with Crippen LogP contribution in [0, 0.1) is 20.8 Å². The summed E-state index contributed by atoms with van der Waals surface area (Å²) in [4.78, 5) is 13.7. The van der Waals surface area contributed by atoms with Crippen LogP contribution in [0.15, 0.2) is 44.1 Å². The standard InChI is InChI=1S/C17H16N6O3/c1-10-14(12(3)26-21-10)9-22-17(24)25-16(20-22)15-11(2)18-23(19-15)13-7-5-4-6-8-13/h4-8H,9H2,1-3H3. The number of benzene rings is 1. The van der Waals surface area contributed by atoms with Gasteiger partial charge in [-0.25, -0.2) is 4.79 Å². The fourth-order valence-corrected chi connectivity index (χ4v) is 2.63. The van der Waals surface area contributed by atoms with Gasteiger partial charge in [-0.1, -0.05) is 23.4 Å². The molecule has 0 saturated heterocycles. The molecule has 0 fully saturated rings. The van der Waals surface area contributed by atoms with Crippen molar-refractivity contribution in [3.63, 3.8) is 0 Å². The minimum atomic E-state index is -0.575. The van der Waals surface area contributed by atoms with Gasteiger partial charge in [0.25, 0.3) is 5.89 Å².